The molecule has 84 heavy (non-hydrogen) atoms. The van der Waals surface area contributed by atoms with Gasteiger partial charge >= 0.3 is 24.6 Å². The minimum absolute atomic E-state index is 0.00413. The molecule has 7 rings (SSSR count). The Morgan fingerprint density at radius 1 is 0.262 bits per heavy atom. The minimum Gasteiger partial charge on any atom is -0.493 e. The van der Waals surface area contributed by atoms with E-state index >= 15 is 0 Å². The van der Waals surface area contributed by atoms with Gasteiger partial charge in [-0.05, 0) is 72.8 Å². The first-order valence-electron chi connectivity index (χ1n) is 24.5. The Morgan fingerprint density at radius 3 is 0.786 bits per heavy atom. The van der Waals surface area contributed by atoms with Crippen molar-refractivity contribution in [2.75, 3.05) is 128 Å². The maximum atomic E-state index is 7.44. The topological polar surface area (TPSA) is 240 Å². The Bertz CT molecular complexity index is 3230. The average molecular weight is 1230 g/mol. The average Bonchev–Trinajstić information content (AvgIpc) is 3.71. The van der Waals surface area contributed by atoms with Crippen molar-refractivity contribution in [2.45, 2.75) is 0 Å². The van der Waals surface area contributed by atoms with Gasteiger partial charge in [-0.15, -0.1) is 4.52 Å². The van der Waals surface area contributed by atoms with Crippen molar-refractivity contribution in [3.05, 3.63) is 72.8 Å². The molecule has 0 spiro atoms. The van der Waals surface area contributed by atoms with Gasteiger partial charge in [-0.1, -0.05) is 0 Å². The molecule has 0 N–H and O–H groups in total. The zero-order chi connectivity index (χ0) is 60.8. The summed E-state index contributed by atoms with van der Waals surface area (Å²) in [6.45, 7) is 0. The first-order chi connectivity index (χ1) is 40.8. The third-order valence-electron chi connectivity index (χ3n) is 12.0. The monoisotopic (exact) mass is 1230 g/mol. The molecule has 30 heteroatoms. The van der Waals surface area contributed by atoms with Crippen molar-refractivity contribution < 1.29 is 113 Å². The first-order valence-corrected chi connectivity index (χ1v) is 28.4. The van der Waals surface area contributed by atoms with Gasteiger partial charge in [0.15, 0.2) is 69.0 Å². The quantitative estimate of drug-likeness (QED) is 0.0381. The van der Waals surface area contributed by atoms with Gasteiger partial charge in [-0.25, -0.2) is 0 Å². The summed E-state index contributed by atoms with van der Waals surface area (Å²) < 4.78 is 143. The Hall–Kier alpha value is -8.47. The second-order valence-electron chi connectivity index (χ2n) is 16.1. The van der Waals surface area contributed by atoms with Gasteiger partial charge in [0.2, 0.25) is 69.0 Å². The van der Waals surface area contributed by atoms with Crippen LogP contribution in [0.4, 0.5) is 0 Å². The van der Waals surface area contributed by atoms with E-state index in [1.807, 2.05) is 0 Å². The highest BCUT2D eigenvalue weighted by molar-refractivity contribution is 7.78. The highest BCUT2D eigenvalue weighted by atomic mass is 31.3. The fourth-order valence-electron chi connectivity index (χ4n) is 8.28. The van der Waals surface area contributed by atoms with Gasteiger partial charge in [0.1, 0.15) is 0 Å². The minimum atomic E-state index is -4.89. The van der Waals surface area contributed by atoms with Crippen LogP contribution in [-0.2, 0) is 0 Å². The standard InChI is InChI=1S/C54H66N3O24P3/c1-58-31-19-25-37(49(70-13)43(31)64-7)76-56-82(78-39-27-21-33(60-3)45(66-9)51(39)72-15)55-84(80-41-29-23-35(62-5)47(68-11)53(41)74-17,81-42-30-24-36(63-6)48(69-12)54(42)75-18)57(77-38-26-20-32(59-2)44(65-8)50(38)71-14)83(56)79-40-28-22-34(61-4)46(67-10)52(40)73-16/h19-30H,1-18H3. The van der Waals surface area contributed by atoms with Gasteiger partial charge in [0, 0.05) is 9.21 Å². The highest BCUT2D eigenvalue weighted by Gasteiger charge is 2.60. The van der Waals surface area contributed by atoms with Crippen molar-refractivity contribution in [3.63, 3.8) is 0 Å². The SMILES string of the molecule is COc1ccc(ON2P(Oc3ccc(OC)c(OC)c3OC)N=P(Oc3ccc(OC)c(OC)c3OC)(Oc3ccc(OC)c(OC)c3OC)N(Oc3ccc(OC)c(OC)c3OC)P2Oc2ccc(OC)c(OC)c2OC)c(OC)c1OC. The summed E-state index contributed by atoms with van der Waals surface area (Å²) in [4.78, 5) is 14.4. The van der Waals surface area contributed by atoms with Crippen LogP contribution in [0.25, 0.3) is 0 Å². The van der Waals surface area contributed by atoms with E-state index in [4.69, 9.17) is 118 Å². The van der Waals surface area contributed by atoms with Crippen LogP contribution >= 0.6 is 24.6 Å². The number of benzene rings is 6. The molecule has 1 aliphatic heterocycles. The fraction of sp³-hybridized carbons (Fsp3) is 0.333. The Balaban J connectivity index is 1.76. The number of rotatable bonds is 30. The lowest BCUT2D eigenvalue weighted by Crippen LogP contribution is -2.37. The zero-order valence-corrected chi connectivity index (χ0v) is 52.1. The lowest BCUT2D eigenvalue weighted by molar-refractivity contribution is 0.0499. The molecule has 27 nitrogen and oxygen atoms in total. The van der Waals surface area contributed by atoms with Crippen LogP contribution in [-0.4, -0.2) is 137 Å². The van der Waals surface area contributed by atoms with E-state index in [1.165, 1.54) is 137 Å². The summed E-state index contributed by atoms with van der Waals surface area (Å²) in [6.07, 6.45) is 0. The molecule has 0 saturated heterocycles. The van der Waals surface area contributed by atoms with Crippen LogP contribution in [0.1, 0.15) is 0 Å². The van der Waals surface area contributed by atoms with Crippen molar-refractivity contribution in [1.82, 2.24) is 9.21 Å². The van der Waals surface area contributed by atoms with E-state index < -0.39 is 24.6 Å². The number of ether oxygens (including phenoxy) is 18. The molecule has 0 saturated carbocycles. The summed E-state index contributed by atoms with van der Waals surface area (Å²) >= 11 is 0. The molecule has 6 aromatic rings. The number of methoxy groups -OCH3 is 18. The maximum Gasteiger partial charge on any atom is 0.447 e. The Morgan fingerprint density at radius 2 is 0.488 bits per heavy atom. The van der Waals surface area contributed by atoms with Crippen LogP contribution in [0.5, 0.6) is 138 Å². The van der Waals surface area contributed by atoms with E-state index in [0.717, 1.165) is 0 Å². The second kappa shape index (κ2) is 28.7. The van der Waals surface area contributed by atoms with E-state index in [9.17, 15) is 0 Å². The van der Waals surface area contributed by atoms with E-state index in [0.29, 0.717) is 5.75 Å². The Kier molecular flexibility index (Phi) is 21.6. The number of nitrogens with zero attached hydrogens (tertiary/aromatic N) is 3. The Labute approximate surface area is 488 Å². The van der Waals surface area contributed by atoms with E-state index in [-0.39, 0.29) is 132 Å². The largest absolute Gasteiger partial charge is 0.493 e. The predicted molar refractivity (Wildman–Crippen MR) is 307 cm³/mol. The van der Waals surface area contributed by atoms with Crippen molar-refractivity contribution in [3.8, 4) is 138 Å². The van der Waals surface area contributed by atoms with Crippen LogP contribution in [0.2, 0.25) is 0 Å². The van der Waals surface area contributed by atoms with Gasteiger partial charge in [0.25, 0.3) is 0 Å². The van der Waals surface area contributed by atoms with Gasteiger partial charge in [-0.2, -0.15) is 0 Å². The third-order valence-corrected chi connectivity index (χ3v) is 18.8. The molecule has 0 aliphatic carbocycles. The summed E-state index contributed by atoms with van der Waals surface area (Å²) in [5, 5.41) is 0. The molecule has 1 aliphatic rings. The number of hydrogen-bond donors (Lipinski definition) is 0. The van der Waals surface area contributed by atoms with Crippen molar-refractivity contribution >= 4 is 24.6 Å². The fourth-order valence-corrected chi connectivity index (χ4v) is 15.8. The lowest BCUT2D eigenvalue weighted by atomic mass is 10.2. The molecule has 2 atom stereocenters. The summed E-state index contributed by atoms with van der Waals surface area (Å²) in [5.41, 5.74) is 0. The molecule has 1 heterocycles. The van der Waals surface area contributed by atoms with Crippen LogP contribution < -0.4 is 113 Å². The first kappa shape index (κ1) is 63.1. The van der Waals surface area contributed by atoms with E-state index in [1.54, 1.807) is 72.8 Å². The lowest BCUT2D eigenvalue weighted by Gasteiger charge is -2.44. The predicted octanol–water partition coefficient (Wildman–Crippen LogP) is 11.5. The molecule has 6 aromatic carbocycles. The van der Waals surface area contributed by atoms with Crippen molar-refractivity contribution in [2.24, 2.45) is 4.52 Å². The molecule has 0 fully saturated rings. The van der Waals surface area contributed by atoms with Gasteiger partial charge < -0.3 is 113 Å². The van der Waals surface area contributed by atoms with Gasteiger partial charge in [0.05, 0.1) is 128 Å². The third kappa shape index (κ3) is 12.1. The molecule has 2 unspecified atom stereocenters. The van der Waals surface area contributed by atoms with Crippen LogP contribution in [0.15, 0.2) is 77.3 Å². The van der Waals surface area contributed by atoms with Gasteiger partial charge in [-0.3, -0.25) is 0 Å². The molecule has 0 aromatic heterocycles. The summed E-state index contributed by atoms with van der Waals surface area (Å²) in [6, 6.07) is 18.9. The highest BCUT2D eigenvalue weighted by Crippen LogP contribution is 2.80. The summed E-state index contributed by atoms with van der Waals surface area (Å²) in [5.74, 6) is 2.40. The molecular formula is C54H66N3O24P3. The smallest absolute Gasteiger partial charge is 0.447 e. The second-order valence-corrected chi connectivity index (χ2v) is 21.7. The van der Waals surface area contributed by atoms with E-state index in [2.05, 4.69) is 0 Å². The van der Waals surface area contributed by atoms with Crippen molar-refractivity contribution in [1.29, 1.82) is 0 Å². The molecule has 0 radical (unpaired) electrons. The molecule has 0 amide bonds. The van der Waals surface area contributed by atoms with Crippen LogP contribution in [0.3, 0.4) is 0 Å². The molecular weight excluding hydrogens is 1170 g/mol. The number of hydrogen-bond acceptors (Lipinski definition) is 27. The molecule has 0 bridgehead atoms. The zero-order valence-electron chi connectivity index (χ0n) is 49.4. The maximum absolute atomic E-state index is 7.44. The normalized spacial score (nSPS) is 14.4. The molecule has 456 valence electrons. The summed E-state index contributed by atoms with van der Waals surface area (Å²) in [7, 11) is 14.9. The van der Waals surface area contributed by atoms with Crippen LogP contribution in [0, 0.1) is 0 Å².